The Hall–Kier alpha value is -1.99. The van der Waals surface area contributed by atoms with Gasteiger partial charge in [0.05, 0.1) is 24.6 Å². The fraction of sp³-hybridized carbons (Fsp3) is 0.588. The largest absolute Gasteiger partial charge is 0.395 e. The van der Waals surface area contributed by atoms with Crippen molar-refractivity contribution in [3.8, 4) is 0 Å². The molecule has 130 valence electrons. The maximum absolute atomic E-state index is 9.47. The molecule has 0 spiro atoms. The van der Waals surface area contributed by atoms with Crippen molar-refractivity contribution in [2.75, 3.05) is 31.3 Å². The summed E-state index contributed by atoms with van der Waals surface area (Å²) in [4.78, 5) is 10.9. The summed E-state index contributed by atoms with van der Waals surface area (Å²) in [5, 5.41) is 14.0. The molecule has 2 aromatic rings. The number of hydrogen-bond donors (Lipinski definition) is 1. The third kappa shape index (κ3) is 3.42. The molecular weight excluding hydrogens is 306 g/mol. The van der Waals surface area contributed by atoms with Gasteiger partial charge in [-0.25, -0.2) is 9.97 Å². The first kappa shape index (κ1) is 16.9. The zero-order chi connectivity index (χ0) is 17.1. The highest BCUT2D eigenvalue weighted by molar-refractivity contribution is 5.42. The summed E-state index contributed by atoms with van der Waals surface area (Å²) in [7, 11) is 1.95. The van der Waals surface area contributed by atoms with Crippen molar-refractivity contribution in [1.29, 1.82) is 0 Å². The van der Waals surface area contributed by atoms with E-state index < -0.39 is 0 Å². The average Bonchev–Trinajstić information content (AvgIpc) is 3.19. The number of aryl methyl sites for hydroxylation is 2. The van der Waals surface area contributed by atoms with Crippen LogP contribution in [-0.4, -0.2) is 51.2 Å². The van der Waals surface area contributed by atoms with E-state index in [2.05, 4.69) is 26.9 Å². The van der Waals surface area contributed by atoms with Gasteiger partial charge in [0.15, 0.2) is 0 Å². The minimum atomic E-state index is 0.0736. The van der Waals surface area contributed by atoms with Crippen LogP contribution in [-0.2, 0) is 18.3 Å². The maximum atomic E-state index is 9.47. The molecule has 1 fully saturated rings. The van der Waals surface area contributed by atoms with Gasteiger partial charge in [-0.3, -0.25) is 4.68 Å². The first-order valence-electron chi connectivity index (χ1n) is 8.34. The summed E-state index contributed by atoms with van der Waals surface area (Å²) in [5.74, 6) is 1.17. The number of rotatable bonds is 6. The average molecular weight is 331 g/mol. The molecule has 0 radical (unpaired) electrons. The van der Waals surface area contributed by atoms with Crippen LogP contribution in [0.4, 0.5) is 5.82 Å². The molecule has 0 aromatic carbocycles. The Morgan fingerprint density at radius 1 is 1.38 bits per heavy atom. The number of hydrogen-bond acceptors (Lipinski definition) is 6. The lowest BCUT2D eigenvalue weighted by atomic mass is 10.0. The van der Waals surface area contributed by atoms with E-state index in [9.17, 15) is 5.11 Å². The summed E-state index contributed by atoms with van der Waals surface area (Å²) in [6.07, 6.45) is 2.60. The summed E-state index contributed by atoms with van der Waals surface area (Å²) in [6.45, 7) is 6.85. The lowest BCUT2D eigenvalue weighted by Gasteiger charge is -2.23. The van der Waals surface area contributed by atoms with Gasteiger partial charge >= 0.3 is 0 Å². The predicted molar refractivity (Wildman–Crippen MR) is 91.0 cm³/mol. The van der Waals surface area contributed by atoms with Crippen LogP contribution in [0.15, 0.2) is 12.4 Å². The fourth-order valence-corrected chi connectivity index (χ4v) is 3.16. The number of aliphatic hydroxyl groups is 1. The zero-order valence-corrected chi connectivity index (χ0v) is 14.6. The normalized spacial score (nSPS) is 17.4. The summed E-state index contributed by atoms with van der Waals surface area (Å²) >= 11 is 0. The Balaban J connectivity index is 1.86. The number of aromatic nitrogens is 4. The van der Waals surface area contributed by atoms with Gasteiger partial charge in [-0.2, -0.15) is 5.10 Å². The van der Waals surface area contributed by atoms with Crippen molar-refractivity contribution in [3.63, 3.8) is 0 Å². The second kappa shape index (κ2) is 7.27. The lowest BCUT2D eigenvalue weighted by molar-refractivity contribution is 0.193. The Kier molecular flexibility index (Phi) is 5.11. The van der Waals surface area contributed by atoms with E-state index >= 15 is 0 Å². The summed E-state index contributed by atoms with van der Waals surface area (Å²) < 4.78 is 7.36. The van der Waals surface area contributed by atoms with Crippen molar-refractivity contribution >= 4 is 5.82 Å². The van der Waals surface area contributed by atoms with Gasteiger partial charge in [0.1, 0.15) is 12.1 Å². The van der Waals surface area contributed by atoms with Gasteiger partial charge in [0.2, 0.25) is 0 Å². The van der Waals surface area contributed by atoms with Gasteiger partial charge < -0.3 is 14.7 Å². The first-order valence-corrected chi connectivity index (χ1v) is 8.34. The van der Waals surface area contributed by atoms with Gasteiger partial charge in [0.25, 0.3) is 0 Å². The molecule has 2 aromatic heterocycles. The molecule has 0 bridgehead atoms. The lowest BCUT2D eigenvalue weighted by Crippen LogP contribution is -2.28. The van der Waals surface area contributed by atoms with E-state index in [1.165, 1.54) is 5.56 Å². The minimum Gasteiger partial charge on any atom is -0.395 e. The first-order chi connectivity index (χ1) is 11.6. The van der Waals surface area contributed by atoms with Crippen molar-refractivity contribution < 1.29 is 9.84 Å². The highest BCUT2D eigenvalue weighted by Crippen LogP contribution is 2.26. The molecule has 1 aliphatic rings. The molecule has 3 heterocycles. The molecule has 3 rings (SSSR count). The van der Waals surface area contributed by atoms with Crippen molar-refractivity contribution in [3.05, 3.63) is 35.0 Å². The molecular formula is C17H25N5O2. The molecule has 0 saturated carbocycles. The number of anilines is 1. The number of aliphatic hydroxyl groups excluding tert-OH is 1. The highest BCUT2D eigenvalue weighted by Gasteiger charge is 2.21. The molecule has 0 aliphatic carbocycles. The molecule has 24 heavy (non-hydrogen) atoms. The number of nitrogens with zero attached hydrogens (tertiary/aromatic N) is 5. The summed E-state index contributed by atoms with van der Waals surface area (Å²) in [5.41, 5.74) is 4.33. The monoisotopic (exact) mass is 331 g/mol. The van der Waals surface area contributed by atoms with Gasteiger partial charge in [0, 0.05) is 50.0 Å². The van der Waals surface area contributed by atoms with Crippen LogP contribution in [0.2, 0.25) is 0 Å². The fourth-order valence-electron chi connectivity index (χ4n) is 3.16. The highest BCUT2D eigenvalue weighted by atomic mass is 16.5. The van der Waals surface area contributed by atoms with Gasteiger partial charge in [-0.15, -0.1) is 0 Å². The van der Waals surface area contributed by atoms with Crippen LogP contribution in [0.25, 0.3) is 0 Å². The SMILES string of the molecule is Cc1nn(C)c(C)c1CN(CCO)c1cc([C@@H]2CCOC2)ncn1. The van der Waals surface area contributed by atoms with Crippen LogP contribution >= 0.6 is 0 Å². The Bertz CT molecular complexity index is 694. The van der Waals surface area contributed by atoms with Gasteiger partial charge in [-0.05, 0) is 20.3 Å². The number of ether oxygens (including phenoxy) is 1. The predicted octanol–water partition coefficient (Wildman–Crippen LogP) is 1.33. The maximum Gasteiger partial charge on any atom is 0.132 e. The van der Waals surface area contributed by atoms with Crippen LogP contribution in [0, 0.1) is 13.8 Å². The molecule has 1 saturated heterocycles. The van der Waals surface area contributed by atoms with Crippen molar-refractivity contribution in [2.45, 2.75) is 32.7 Å². The molecule has 1 atom stereocenters. The van der Waals surface area contributed by atoms with Crippen molar-refractivity contribution in [2.24, 2.45) is 7.05 Å². The second-order valence-electron chi connectivity index (χ2n) is 6.28. The van der Waals surface area contributed by atoms with E-state index in [1.807, 2.05) is 24.7 Å². The Morgan fingerprint density at radius 2 is 2.21 bits per heavy atom. The second-order valence-corrected chi connectivity index (χ2v) is 6.28. The minimum absolute atomic E-state index is 0.0736. The topological polar surface area (TPSA) is 76.3 Å². The van der Waals surface area contributed by atoms with Crippen LogP contribution in [0.5, 0.6) is 0 Å². The smallest absolute Gasteiger partial charge is 0.132 e. The van der Waals surface area contributed by atoms with E-state index in [4.69, 9.17) is 4.74 Å². The Morgan fingerprint density at radius 3 is 2.83 bits per heavy atom. The third-order valence-corrected chi connectivity index (χ3v) is 4.72. The van der Waals surface area contributed by atoms with Crippen molar-refractivity contribution in [1.82, 2.24) is 19.7 Å². The quantitative estimate of drug-likeness (QED) is 0.860. The van der Waals surface area contributed by atoms with Crippen LogP contribution < -0.4 is 4.90 Å². The molecule has 1 N–H and O–H groups in total. The molecule has 7 heteroatoms. The molecule has 1 aliphatic heterocycles. The molecule has 0 unspecified atom stereocenters. The van der Waals surface area contributed by atoms with E-state index in [0.29, 0.717) is 19.0 Å². The third-order valence-electron chi connectivity index (χ3n) is 4.72. The van der Waals surface area contributed by atoms with E-state index in [0.717, 1.165) is 42.5 Å². The van der Waals surface area contributed by atoms with Gasteiger partial charge in [-0.1, -0.05) is 0 Å². The standard InChI is InChI=1S/C17H25N5O2/c1-12-15(13(2)21(3)20-12)9-22(5-6-23)17-8-16(18-11-19-17)14-4-7-24-10-14/h8,11,14,23H,4-7,9-10H2,1-3H3/t14-/m1/s1. The van der Waals surface area contributed by atoms with Crippen LogP contribution in [0.3, 0.4) is 0 Å². The molecule has 0 amide bonds. The van der Waals surface area contributed by atoms with E-state index in [-0.39, 0.29) is 6.61 Å². The van der Waals surface area contributed by atoms with Crippen LogP contribution in [0.1, 0.15) is 35.0 Å². The Labute approximate surface area is 142 Å². The molecule has 7 nitrogen and oxygen atoms in total. The van der Waals surface area contributed by atoms with E-state index in [1.54, 1.807) is 6.33 Å². The zero-order valence-electron chi connectivity index (χ0n) is 14.6. The summed E-state index contributed by atoms with van der Waals surface area (Å²) in [6, 6.07) is 2.02.